The summed E-state index contributed by atoms with van der Waals surface area (Å²) in [5.74, 6) is 0. The highest BCUT2D eigenvalue weighted by Crippen LogP contribution is 2.17. The summed E-state index contributed by atoms with van der Waals surface area (Å²) in [6, 6.07) is 20.8. The van der Waals surface area contributed by atoms with E-state index in [0.29, 0.717) is 0 Å². The lowest BCUT2D eigenvalue weighted by Gasteiger charge is -1.98. The molecule has 0 radical (unpaired) electrons. The highest BCUT2D eigenvalue weighted by atomic mass is 27.0. The molecule has 0 unspecified atom stereocenters. The Bertz CT molecular complexity index is 308. The maximum atomic E-state index is 2.12. The van der Waals surface area contributed by atoms with Crippen LogP contribution in [0.3, 0.4) is 0 Å². The third kappa shape index (κ3) is 3.01. The van der Waals surface area contributed by atoms with E-state index in [9.17, 15) is 0 Å². The Balaban J connectivity index is 0.000000845. The first-order chi connectivity index (χ1) is 5.97. The van der Waals surface area contributed by atoms with Gasteiger partial charge in [0.25, 0.3) is 0 Å². The van der Waals surface area contributed by atoms with Gasteiger partial charge in [-0.2, -0.15) is 0 Å². The third-order valence-corrected chi connectivity index (χ3v) is 1.88. The molecular formula is C12H15AlO. The van der Waals surface area contributed by atoms with E-state index in [-0.39, 0.29) is 22.8 Å². The van der Waals surface area contributed by atoms with Crippen molar-refractivity contribution in [3.8, 4) is 11.1 Å². The van der Waals surface area contributed by atoms with Gasteiger partial charge in [-0.1, -0.05) is 60.7 Å². The van der Waals surface area contributed by atoms with E-state index in [0.717, 1.165) is 0 Å². The van der Waals surface area contributed by atoms with Gasteiger partial charge in [0.1, 0.15) is 0 Å². The first-order valence-corrected chi connectivity index (χ1v) is 4.07. The van der Waals surface area contributed by atoms with Crippen molar-refractivity contribution in [2.45, 2.75) is 0 Å². The lowest BCUT2D eigenvalue weighted by atomic mass is 10.1. The van der Waals surface area contributed by atoms with E-state index in [2.05, 4.69) is 48.5 Å². The van der Waals surface area contributed by atoms with Crippen molar-refractivity contribution in [1.82, 2.24) is 0 Å². The zero-order valence-electron chi connectivity index (χ0n) is 7.27. The molecule has 2 heteroatoms. The SMILES string of the molecule is O.[AlH3].c1ccc(-c2ccccc2)cc1. The Hall–Kier alpha value is -1.07. The molecule has 0 fully saturated rings. The molecule has 0 saturated heterocycles. The molecule has 0 aliphatic rings. The molecule has 72 valence electrons. The van der Waals surface area contributed by atoms with Gasteiger partial charge in [0.2, 0.25) is 0 Å². The lowest BCUT2D eigenvalue weighted by Crippen LogP contribution is -1.73. The minimum atomic E-state index is 0. The van der Waals surface area contributed by atoms with E-state index in [1.807, 2.05) is 12.1 Å². The van der Waals surface area contributed by atoms with Gasteiger partial charge in [-0.15, -0.1) is 0 Å². The summed E-state index contributed by atoms with van der Waals surface area (Å²) in [5.41, 5.74) is 2.55. The third-order valence-electron chi connectivity index (χ3n) is 1.88. The second-order valence-electron chi connectivity index (χ2n) is 2.73. The van der Waals surface area contributed by atoms with Gasteiger partial charge in [-0.25, -0.2) is 0 Å². The van der Waals surface area contributed by atoms with Crippen molar-refractivity contribution < 1.29 is 5.48 Å². The molecule has 0 aliphatic heterocycles. The predicted molar refractivity (Wildman–Crippen MR) is 65.4 cm³/mol. The Morgan fingerprint density at radius 1 is 0.500 bits per heavy atom. The van der Waals surface area contributed by atoms with Crippen molar-refractivity contribution in [2.24, 2.45) is 0 Å². The van der Waals surface area contributed by atoms with Crippen LogP contribution in [0.1, 0.15) is 0 Å². The molecule has 0 spiro atoms. The van der Waals surface area contributed by atoms with E-state index in [4.69, 9.17) is 0 Å². The molecule has 0 aromatic heterocycles. The molecule has 0 aliphatic carbocycles. The van der Waals surface area contributed by atoms with Crippen LogP contribution >= 0.6 is 0 Å². The highest BCUT2D eigenvalue weighted by Gasteiger charge is 1.91. The molecule has 14 heavy (non-hydrogen) atoms. The van der Waals surface area contributed by atoms with Gasteiger partial charge in [0, 0.05) is 0 Å². The van der Waals surface area contributed by atoms with Crippen LogP contribution in [0.25, 0.3) is 11.1 Å². The summed E-state index contributed by atoms with van der Waals surface area (Å²) in [5, 5.41) is 0. The quantitative estimate of drug-likeness (QED) is 0.625. The second-order valence-corrected chi connectivity index (χ2v) is 2.73. The van der Waals surface area contributed by atoms with Crippen molar-refractivity contribution >= 4 is 17.4 Å². The van der Waals surface area contributed by atoms with Crippen LogP contribution in [-0.2, 0) is 0 Å². The molecule has 2 N–H and O–H groups in total. The molecule has 2 rings (SSSR count). The predicted octanol–water partition coefficient (Wildman–Crippen LogP) is 1.34. The molecular weight excluding hydrogens is 187 g/mol. The topological polar surface area (TPSA) is 31.5 Å². The maximum absolute atomic E-state index is 2.12. The number of hydrogen-bond acceptors (Lipinski definition) is 0. The van der Waals surface area contributed by atoms with E-state index < -0.39 is 0 Å². The average Bonchev–Trinajstić information content (AvgIpc) is 2.21. The molecule has 0 amide bonds. The Morgan fingerprint density at radius 2 is 0.786 bits per heavy atom. The van der Waals surface area contributed by atoms with Crippen molar-refractivity contribution in [3.63, 3.8) is 0 Å². The van der Waals surface area contributed by atoms with Gasteiger partial charge < -0.3 is 5.48 Å². The largest absolute Gasteiger partial charge is 0.412 e. The van der Waals surface area contributed by atoms with Crippen molar-refractivity contribution in [1.29, 1.82) is 0 Å². The molecule has 2 aromatic carbocycles. The summed E-state index contributed by atoms with van der Waals surface area (Å²) < 4.78 is 0. The van der Waals surface area contributed by atoms with Crippen LogP contribution < -0.4 is 0 Å². The van der Waals surface area contributed by atoms with Gasteiger partial charge in [0.15, 0.2) is 17.4 Å². The number of benzene rings is 2. The zero-order valence-corrected chi connectivity index (χ0v) is 7.27. The maximum Gasteiger partial charge on any atom is 0.187 e. The normalized spacial score (nSPS) is 8.29. The second kappa shape index (κ2) is 6.40. The Morgan fingerprint density at radius 3 is 1.07 bits per heavy atom. The smallest absolute Gasteiger partial charge is 0.187 e. The molecule has 1 nitrogen and oxygen atoms in total. The van der Waals surface area contributed by atoms with Gasteiger partial charge in [-0.05, 0) is 11.1 Å². The number of rotatable bonds is 1. The van der Waals surface area contributed by atoms with Crippen LogP contribution in [0.4, 0.5) is 0 Å². The monoisotopic (exact) mass is 202 g/mol. The fourth-order valence-electron chi connectivity index (χ4n) is 1.26. The van der Waals surface area contributed by atoms with Crippen LogP contribution in [0.2, 0.25) is 0 Å². The average molecular weight is 202 g/mol. The van der Waals surface area contributed by atoms with Crippen LogP contribution in [0, 0.1) is 0 Å². The fourth-order valence-corrected chi connectivity index (χ4v) is 1.26. The number of hydrogen-bond donors (Lipinski definition) is 0. The lowest BCUT2D eigenvalue weighted by molar-refractivity contribution is 0.824. The minimum Gasteiger partial charge on any atom is -0.412 e. The van der Waals surface area contributed by atoms with Gasteiger partial charge in [-0.3, -0.25) is 0 Å². The zero-order chi connectivity index (χ0) is 8.23. The first kappa shape index (κ1) is 12.9. The van der Waals surface area contributed by atoms with Crippen molar-refractivity contribution in [2.75, 3.05) is 0 Å². The van der Waals surface area contributed by atoms with Gasteiger partial charge in [0.05, 0.1) is 0 Å². The molecule has 2 aromatic rings. The fraction of sp³-hybridized carbons (Fsp3) is 0. The molecule has 0 heterocycles. The van der Waals surface area contributed by atoms with Gasteiger partial charge >= 0.3 is 0 Å². The highest BCUT2D eigenvalue weighted by molar-refractivity contribution is 5.75. The first-order valence-electron chi connectivity index (χ1n) is 4.07. The van der Waals surface area contributed by atoms with Crippen LogP contribution in [0.5, 0.6) is 0 Å². The standard InChI is InChI=1S/C12H10.Al.H2O.3H/c1-3-7-11(8-4-1)12-9-5-2-6-10-12;;;;;/h1-10H;;1H2;;;. The van der Waals surface area contributed by atoms with Crippen molar-refractivity contribution in [3.05, 3.63) is 60.7 Å². The summed E-state index contributed by atoms with van der Waals surface area (Å²) >= 11 is 0. The summed E-state index contributed by atoms with van der Waals surface area (Å²) in [4.78, 5) is 0. The minimum absolute atomic E-state index is 0. The molecule has 0 atom stereocenters. The summed E-state index contributed by atoms with van der Waals surface area (Å²) in [6.45, 7) is 0. The van der Waals surface area contributed by atoms with E-state index in [1.165, 1.54) is 11.1 Å². The summed E-state index contributed by atoms with van der Waals surface area (Å²) in [6.07, 6.45) is 0. The molecule has 0 saturated carbocycles. The molecule has 0 bridgehead atoms. The Labute approximate surface area is 94.8 Å². The van der Waals surface area contributed by atoms with Crippen LogP contribution in [0.15, 0.2) is 60.7 Å². The Kier molecular flexibility index (Phi) is 5.91. The van der Waals surface area contributed by atoms with E-state index >= 15 is 0 Å². The van der Waals surface area contributed by atoms with E-state index in [1.54, 1.807) is 0 Å². The summed E-state index contributed by atoms with van der Waals surface area (Å²) in [7, 11) is 0. The van der Waals surface area contributed by atoms with Crippen LogP contribution in [-0.4, -0.2) is 22.8 Å².